The highest BCUT2D eigenvalue weighted by molar-refractivity contribution is 4.98. The molecule has 6 nitrogen and oxygen atoms in total. The van der Waals surface area contributed by atoms with Gasteiger partial charge in [-0.3, -0.25) is 0 Å². The first-order chi connectivity index (χ1) is 23.5. The van der Waals surface area contributed by atoms with Crippen molar-refractivity contribution >= 4 is 0 Å². The number of hydrogen-bond donors (Lipinski definition) is 0. The van der Waals surface area contributed by atoms with Crippen LogP contribution in [0.15, 0.2) is 30.2 Å². The van der Waals surface area contributed by atoms with Crippen LogP contribution in [0.25, 0.3) is 0 Å². The number of hydrogen-bond acceptors (Lipinski definition) is 6. The zero-order valence-corrected chi connectivity index (χ0v) is 32.2. The van der Waals surface area contributed by atoms with Crippen molar-refractivity contribution in [3.63, 3.8) is 0 Å². The second-order valence-electron chi connectivity index (χ2n) is 14.7. The lowest BCUT2D eigenvalue weighted by Gasteiger charge is -2.32. The Hall–Kier alpha value is -1.14. The maximum absolute atomic E-state index is 6.87. The molecule has 2 aliphatic heterocycles. The van der Waals surface area contributed by atoms with E-state index in [4.69, 9.17) is 23.7 Å². The predicted molar refractivity (Wildman–Crippen MR) is 201 cm³/mol. The number of allylic oxidation sites excluding steroid dienone is 3. The second kappa shape index (κ2) is 28.5. The van der Waals surface area contributed by atoms with Gasteiger partial charge in [-0.25, -0.2) is 0 Å². The maximum atomic E-state index is 6.87. The van der Waals surface area contributed by atoms with E-state index in [1.165, 1.54) is 122 Å². The lowest BCUT2D eigenvalue weighted by Crippen LogP contribution is -2.39. The largest absolute Gasteiger partial charge is 0.493 e. The van der Waals surface area contributed by atoms with E-state index < -0.39 is 5.79 Å². The Kier molecular flexibility index (Phi) is 25.6. The number of nitrogens with zero attached hydrogens (tertiary/aromatic N) is 1. The molecule has 2 rings (SSSR count). The minimum absolute atomic E-state index is 0.0259. The van der Waals surface area contributed by atoms with Gasteiger partial charge in [0.1, 0.15) is 24.6 Å². The van der Waals surface area contributed by atoms with Gasteiger partial charge in [0.05, 0.1) is 6.61 Å². The standard InChI is InChI=1S/C42H77NO5/c1-6-8-10-12-14-15-16-17-18-19-20-21-22-25-29-33-42(47-39-38(37-43(3)4)46-41(44-5)40(39)48-42)34-30-26-23-24-28-32-36-45-35-31-27-13-11-9-7-2/h14-15,27,35,38-41H,6-13,16-26,28-30,32-34,36-37H2,1-5H3/b15-14-/t31?,38?,39?,40-,41?,42?/m1/s1. The number of unbranched alkanes of at least 4 members (excludes halogenated alkanes) is 19. The number of fused-ring (bicyclic) bond motifs is 1. The van der Waals surface area contributed by atoms with Crippen LogP contribution in [0, 0.1) is 0 Å². The molecule has 5 atom stereocenters. The summed E-state index contributed by atoms with van der Waals surface area (Å²) < 4.78 is 31.2. The molecule has 0 aromatic heterocycles. The number of rotatable bonds is 32. The van der Waals surface area contributed by atoms with Gasteiger partial charge in [0.25, 0.3) is 0 Å². The topological polar surface area (TPSA) is 49.4 Å². The molecule has 0 radical (unpaired) electrons. The highest BCUT2D eigenvalue weighted by Gasteiger charge is 2.58. The van der Waals surface area contributed by atoms with Crippen molar-refractivity contribution in [1.82, 2.24) is 4.90 Å². The molecule has 0 bridgehead atoms. The molecule has 2 aliphatic rings. The monoisotopic (exact) mass is 676 g/mol. The van der Waals surface area contributed by atoms with Crippen molar-refractivity contribution in [2.24, 2.45) is 0 Å². The van der Waals surface area contributed by atoms with Crippen molar-refractivity contribution in [3.8, 4) is 0 Å². The first kappa shape index (κ1) is 43.0. The number of methoxy groups -OCH3 is 1. The Morgan fingerprint density at radius 3 is 1.75 bits per heavy atom. The Morgan fingerprint density at radius 2 is 1.17 bits per heavy atom. The first-order valence-corrected chi connectivity index (χ1v) is 20.4. The molecule has 280 valence electrons. The van der Waals surface area contributed by atoms with Crippen LogP contribution in [0.2, 0.25) is 0 Å². The quantitative estimate of drug-likeness (QED) is 0.0306. The SMILES string of the molecule is CCCCCC=C=COCCCCCCCCC1(CCCCCCCCCC/C=C\CCCCC)OC2C(CN(C)C)OC(OC)[C@@H]2O1. The van der Waals surface area contributed by atoms with Gasteiger partial charge in [-0.05, 0) is 78.0 Å². The fraction of sp³-hybridized carbons (Fsp3) is 0.881. The van der Waals surface area contributed by atoms with Gasteiger partial charge >= 0.3 is 0 Å². The predicted octanol–water partition coefficient (Wildman–Crippen LogP) is 11.4. The third-order valence-corrected chi connectivity index (χ3v) is 9.86. The molecule has 0 aromatic rings. The van der Waals surface area contributed by atoms with Gasteiger partial charge in [0.2, 0.25) is 0 Å². The van der Waals surface area contributed by atoms with Gasteiger partial charge in [-0.2, -0.15) is 0 Å². The van der Waals surface area contributed by atoms with Gasteiger partial charge in [0, 0.05) is 26.5 Å². The van der Waals surface area contributed by atoms with Gasteiger partial charge in [-0.15, -0.1) is 0 Å². The van der Waals surface area contributed by atoms with Gasteiger partial charge in [0.15, 0.2) is 12.1 Å². The molecule has 0 spiro atoms. The van der Waals surface area contributed by atoms with E-state index in [1.54, 1.807) is 13.4 Å². The fourth-order valence-electron chi connectivity index (χ4n) is 7.03. The van der Waals surface area contributed by atoms with Crippen LogP contribution >= 0.6 is 0 Å². The average molecular weight is 676 g/mol. The Balaban J connectivity index is 1.67. The van der Waals surface area contributed by atoms with E-state index in [-0.39, 0.29) is 24.6 Å². The zero-order chi connectivity index (χ0) is 34.5. The molecule has 48 heavy (non-hydrogen) atoms. The van der Waals surface area contributed by atoms with Crippen molar-refractivity contribution in [3.05, 3.63) is 30.2 Å². The van der Waals surface area contributed by atoms with Crippen LogP contribution in [0.1, 0.15) is 174 Å². The van der Waals surface area contributed by atoms with Gasteiger partial charge in [-0.1, -0.05) is 122 Å². The Labute approximate surface area is 297 Å². The van der Waals surface area contributed by atoms with Crippen LogP contribution < -0.4 is 0 Å². The molecule has 0 saturated carbocycles. The van der Waals surface area contributed by atoms with Crippen molar-refractivity contribution in [1.29, 1.82) is 0 Å². The maximum Gasteiger partial charge on any atom is 0.186 e. The Bertz CT molecular complexity index is 840. The van der Waals surface area contributed by atoms with Gasteiger partial charge < -0.3 is 28.6 Å². The molecule has 0 N–H and O–H groups in total. The van der Waals surface area contributed by atoms with Crippen molar-refractivity contribution in [2.75, 3.05) is 34.4 Å². The molecular formula is C42H77NO5. The third-order valence-electron chi connectivity index (χ3n) is 9.86. The highest BCUT2D eigenvalue weighted by atomic mass is 16.8. The minimum atomic E-state index is -0.505. The molecule has 2 fully saturated rings. The van der Waals surface area contributed by atoms with Crippen LogP contribution in [0.5, 0.6) is 0 Å². The average Bonchev–Trinajstić information content (AvgIpc) is 3.60. The number of likely N-dealkylation sites (N-methyl/N-ethyl adjacent to an activating group) is 1. The zero-order valence-electron chi connectivity index (χ0n) is 32.2. The summed E-state index contributed by atoms with van der Waals surface area (Å²) in [6, 6.07) is 0. The van der Waals surface area contributed by atoms with E-state index in [0.29, 0.717) is 0 Å². The van der Waals surface area contributed by atoms with Crippen LogP contribution in [-0.4, -0.2) is 69.6 Å². The van der Waals surface area contributed by atoms with Crippen molar-refractivity contribution < 1.29 is 23.7 Å². The molecule has 2 heterocycles. The summed E-state index contributed by atoms with van der Waals surface area (Å²) in [5, 5.41) is 0. The van der Waals surface area contributed by atoms with Crippen LogP contribution in [0.3, 0.4) is 0 Å². The van der Waals surface area contributed by atoms with Crippen molar-refractivity contribution in [2.45, 2.75) is 205 Å². The van der Waals surface area contributed by atoms with E-state index in [0.717, 1.165) is 51.7 Å². The fourth-order valence-corrected chi connectivity index (χ4v) is 7.03. The summed E-state index contributed by atoms with van der Waals surface area (Å²) in [6.45, 7) is 6.10. The lowest BCUT2D eigenvalue weighted by molar-refractivity contribution is -0.248. The van der Waals surface area contributed by atoms with E-state index in [2.05, 4.69) is 56.8 Å². The first-order valence-electron chi connectivity index (χ1n) is 20.4. The normalized spacial score (nSPS) is 23.6. The van der Waals surface area contributed by atoms with E-state index in [1.807, 2.05) is 0 Å². The third kappa shape index (κ3) is 19.3. The molecule has 0 aromatic carbocycles. The summed E-state index contributed by atoms with van der Waals surface area (Å²) in [5.41, 5.74) is 3.15. The number of ether oxygens (including phenoxy) is 5. The second-order valence-corrected chi connectivity index (χ2v) is 14.7. The summed E-state index contributed by atoms with van der Waals surface area (Å²) in [5.74, 6) is -0.505. The lowest BCUT2D eigenvalue weighted by atomic mass is 9.98. The molecule has 4 unspecified atom stereocenters. The highest BCUT2D eigenvalue weighted by Crippen LogP contribution is 2.44. The van der Waals surface area contributed by atoms with E-state index in [9.17, 15) is 0 Å². The summed E-state index contributed by atoms with van der Waals surface area (Å²) in [6.07, 6.45) is 39.0. The van der Waals surface area contributed by atoms with E-state index >= 15 is 0 Å². The minimum Gasteiger partial charge on any atom is -0.493 e. The molecule has 0 aliphatic carbocycles. The molecular weight excluding hydrogens is 598 g/mol. The summed E-state index contributed by atoms with van der Waals surface area (Å²) >= 11 is 0. The molecule has 6 heteroatoms. The smallest absolute Gasteiger partial charge is 0.186 e. The Morgan fingerprint density at radius 1 is 0.646 bits per heavy atom. The summed E-state index contributed by atoms with van der Waals surface area (Å²) in [4.78, 5) is 2.17. The summed E-state index contributed by atoms with van der Waals surface area (Å²) in [7, 11) is 5.90. The van der Waals surface area contributed by atoms with Crippen LogP contribution in [-0.2, 0) is 23.7 Å². The van der Waals surface area contributed by atoms with Crippen LogP contribution in [0.4, 0.5) is 0 Å². The molecule has 0 amide bonds. The molecule has 2 saturated heterocycles.